The van der Waals surface area contributed by atoms with Gasteiger partial charge in [0.25, 0.3) is 0 Å². The van der Waals surface area contributed by atoms with Crippen LogP contribution in [0.15, 0.2) is 36.5 Å². The number of aromatic nitrogens is 2. The predicted molar refractivity (Wildman–Crippen MR) is 130 cm³/mol. The van der Waals surface area contributed by atoms with E-state index >= 15 is 0 Å². The fraction of sp³-hybridized carbons (Fsp3) is 0.407. The quantitative estimate of drug-likeness (QED) is 0.466. The van der Waals surface area contributed by atoms with Gasteiger partial charge in [-0.2, -0.15) is 5.26 Å². The van der Waals surface area contributed by atoms with Crippen LogP contribution in [0.2, 0.25) is 0 Å². The molecule has 1 unspecified atom stereocenters. The van der Waals surface area contributed by atoms with E-state index in [1.165, 1.54) is 5.69 Å². The van der Waals surface area contributed by atoms with Crippen LogP contribution in [-0.2, 0) is 28.9 Å². The second-order valence-electron chi connectivity index (χ2n) is 8.79. The molecular formula is C27H32N4O2. The van der Waals surface area contributed by atoms with Gasteiger partial charge in [-0.15, -0.1) is 0 Å². The maximum absolute atomic E-state index is 12.6. The van der Waals surface area contributed by atoms with Crippen LogP contribution in [-0.4, -0.2) is 21.1 Å². The van der Waals surface area contributed by atoms with Crippen molar-refractivity contribution < 1.29 is 9.59 Å². The van der Waals surface area contributed by atoms with Crippen LogP contribution >= 0.6 is 0 Å². The van der Waals surface area contributed by atoms with Gasteiger partial charge in [0, 0.05) is 42.9 Å². The molecule has 1 amide bonds. The number of aryl methyl sites for hydroxylation is 3. The fourth-order valence-electron chi connectivity index (χ4n) is 4.28. The molecule has 1 atom stereocenters. The summed E-state index contributed by atoms with van der Waals surface area (Å²) < 4.78 is 2.09. The molecule has 2 heterocycles. The summed E-state index contributed by atoms with van der Waals surface area (Å²) in [5, 5.41) is 12.0. The summed E-state index contributed by atoms with van der Waals surface area (Å²) in [6, 6.07) is 11.4. The molecule has 6 heteroatoms. The van der Waals surface area contributed by atoms with Crippen molar-refractivity contribution in [2.45, 2.75) is 66.2 Å². The van der Waals surface area contributed by atoms with E-state index in [1.807, 2.05) is 44.3 Å². The Balaban J connectivity index is 1.56. The number of nitrogens with one attached hydrogen (secondary N) is 1. The molecule has 0 saturated heterocycles. The van der Waals surface area contributed by atoms with Crippen molar-refractivity contribution in [3.8, 4) is 6.07 Å². The van der Waals surface area contributed by atoms with Gasteiger partial charge in [-0.25, -0.2) is 4.98 Å². The highest BCUT2D eigenvalue weighted by Crippen LogP contribution is 2.20. The van der Waals surface area contributed by atoms with Gasteiger partial charge in [0.1, 0.15) is 11.4 Å². The summed E-state index contributed by atoms with van der Waals surface area (Å²) in [6.45, 7) is 8.06. The first-order valence-corrected chi connectivity index (χ1v) is 11.7. The number of fused-ring (bicyclic) bond motifs is 1. The molecule has 0 aliphatic rings. The number of hydrogen-bond donors (Lipinski definition) is 1. The number of anilines is 1. The zero-order chi connectivity index (χ0) is 24.0. The van der Waals surface area contributed by atoms with Crippen molar-refractivity contribution in [2.24, 2.45) is 5.92 Å². The summed E-state index contributed by atoms with van der Waals surface area (Å²) in [5.74, 6) is -0.0753. The first kappa shape index (κ1) is 24.2. The average molecular weight is 445 g/mol. The van der Waals surface area contributed by atoms with Crippen LogP contribution in [0.25, 0.3) is 5.65 Å². The van der Waals surface area contributed by atoms with Crippen LogP contribution in [0, 0.1) is 24.2 Å². The van der Waals surface area contributed by atoms with Gasteiger partial charge < -0.3 is 9.72 Å². The highest BCUT2D eigenvalue weighted by atomic mass is 16.1. The lowest BCUT2D eigenvalue weighted by Crippen LogP contribution is -2.18. The minimum atomic E-state index is -0.107. The molecular weight excluding hydrogens is 412 g/mol. The first-order chi connectivity index (χ1) is 15.8. The molecule has 0 saturated carbocycles. The molecule has 0 aliphatic heterocycles. The second kappa shape index (κ2) is 10.9. The minimum absolute atomic E-state index is 0.0602. The monoisotopic (exact) mass is 444 g/mol. The second-order valence-corrected chi connectivity index (χ2v) is 8.79. The third-order valence-electron chi connectivity index (χ3n) is 5.84. The van der Waals surface area contributed by atoms with Crippen LogP contribution in [0.3, 0.4) is 0 Å². The number of nitriles is 1. The van der Waals surface area contributed by atoms with Crippen LogP contribution in [0.4, 0.5) is 5.69 Å². The van der Waals surface area contributed by atoms with Crippen LogP contribution in [0.1, 0.15) is 68.1 Å². The van der Waals surface area contributed by atoms with Crippen molar-refractivity contribution in [1.29, 1.82) is 5.26 Å². The maximum Gasteiger partial charge on any atom is 0.224 e. The predicted octanol–water partition coefficient (Wildman–Crippen LogP) is 5.20. The molecule has 172 valence electrons. The molecule has 1 N–H and O–H groups in total. The molecule has 0 spiro atoms. The SMILES string of the molecule is CCCc1nc2cc(NC(=O)CC(C)CC(=O)Cc3ccc(C#N)c(C)c3)ccn2c1CC. The van der Waals surface area contributed by atoms with Gasteiger partial charge in [-0.3, -0.25) is 9.59 Å². The molecule has 0 aliphatic carbocycles. The number of ketones is 1. The zero-order valence-corrected chi connectivity index (χ0v) is 19.9. The number of pyridine rings is 1. The molecule has 0 fully saturated rings. The number of rotatable bonds is 10. The summed E-state index contributed by atoms with van der Waals surface area (Å²) >= 11 is 0. The lowest BCUT2D eigenvalue weighted by molar-refractivity contribution is -0.120. The van der Waals surface area contributed by atoms with Gasteiger partial charge in [0.2, 0.25) is 5.91 Å². The van der Waals surface area contributed by atoms with Gasteiger partial charge >= 0.3 is 0 Å². The Morgan fingerprint density at radius 3 is 2.64 bits per heavy atom. The van der Waals surface area contributed by atoms with E-state index in [1.54, 1.807) is 6.07 Å². The molecule has 3 aromatic rings. The third-order valence-corrected chi connectivity index (χ3v) is 5.84. The average Bonchev–Trinajstić information content (AvgIpc) is 3.10. The van der Waals surface area contributed by atoms with Crippen molar-refractivity contribution in [1.82, 2.24) is 9.38 Å². The Labute approximate surface area is 195 Å². The number of carbonyl (C=O) groups is 2. The number of benzene rings is 1. The van der Waals surface area contributed by atoms with E-state index in [9.17, 15) is 9.59 Å². The van der Waals surface area contributed by atoms with E-state index in [2.05, 4.69) is 29.6 Å². The fourth-order valence-corrected chi connectivity index (χ4v) is 4.28. The standard InChI is InChI=1S/C27H32N4O2/c1-5-7-24-25(6-2)31-11-10-22(16-26(31)30-24)29-27(33)13-18(3)12-23(32)15-20-8-9-21(17-28)19(4)14-20/h8-11,14,16,18H,5-7,12-13,15H2,1-4H3,(H,29,33). The highest BCUT2D eigenvalue weighted by molar-refractivity contribution is 5.92. The van der Waals surface area contributed by atoms with Crippen molar-refractivity contribution in [3.05, 3.63) is 64.6 Å². The van der Waals surface area contributed by atoms with Gasteiger partial charge in [0.05, 0.1) is 17.3 Å². The molecule has 0 bridgehead atoms. The summed E-state index contributed by atoms with van der Waals surface area (Å²) in [6.07, 6.45) is 5.79. The number of carbonyl (C=O) groups excluding carboxylic acids is 2. The molecule has 0 radical (unpaired) electrons. The molecule has 33 heavy (non-hydrogen) atoms. The van der Waals surface area contributed by atoms with Gasteiger partial charge in [-0.05, 0) is 48.9 Å². The lowest BCUT2D eigenvalue weighted by Gasteiger charge is -2.12. The summed E-state index contributed by atoms with van der Waals surface area (Å²) in [7, 11) is 0. The number of hydrogen-bond acceptors (Lipinski definition) is 4. The van der Waals surface area contributed by atoms with Crippen molar-refractivity contribution in [3.63, 3.8) is 0 Å². The largest absolute Gasteiger partial charge is 0.326 e. The summed E-state index contributed by atoms with van der Waals surface area (Å²) in [5.41, 5.74) is 6.29. The Morgan fingerprint density at radius 1 is 1.18 bits per heavy atom. The van der Waals surface area contributed by atoms with E-state index in [0.717, 1.165) is 47.4 Å². The van der Waals surface area contributed by atoms with Crippen LogP contribution in [0.5, 0.6) is 0 Å². The Morgan fingerprint density at radius 2 is 1.97 bits per heavy atom. The number of imidazole rings is 1. The first-order valence-electron chi connectivity index (χ1n) is 11.7. The maximum atomic E-state index is 12.6. The van der Waals surface area contributed by atoms with Crippen molar-refractivity contribution >= 4 is 23.0 Å². The Hall–Kier alpha value is -3.46. The Bertz CT molecular complexity index is 1200. The lowest BCUT2D eigenvalue weighted by atomic mass is 9.95. The topological polar surface area (TPSA) is 87.3 Å². The normalized spacial score (nSPS) is 11.8. The summed E-state index contributed by atoms with van der Waals surface area (Å²) in [4.78, 5) is 29.8. The smallest absolute Gasteiger partial charge is 0.224 e. The minimum Gasteiger partial charge on any atom is -0.326 e. The van der Waals surface area contributed by atoms with E-state index < -0.39 is 0 Å². The zero-order valence-electron chi connectivity index (χ0n) is 19.9. The molecule has 6 nitrogen and oxygen atoms in total. The van der Waals surface area contributed by atoms with Gasteiger partial charge in [0.15, 0.2) is 0 Å². The van der Waals surface area contributed by atoms with Gasteiger partial charge in [-0.1, -0.05) is 39.3 Å². The number of Topliss-reactive ketones (excluding diaryl/α,β-unsaturated/α-hetero) is 1. The number of amides is 1. The molecule has 2 aromatic heterocycles. The van der Waals surface area contributed by atoms with E-state index in [-0.39, 0.29) is 24.0 Å². The molecule has 3 rings (SSSR count). The van der Waals surface area contributed by atoms with E-state index in [4.69, 9.17) is 10.2 Å². The highest BCUT2D eigenvalue weighted by Gasteiger charge is 2.16. The molecule has 1 aromatic carbocycles. The Kier molecular flexibility index (Phi) is 8.00. The third kappa shape index (κ3) is 6.07. The van der Waals surface area contributed by atoms with Crippen molar-refractivity contribution in [2.75, 3.05) is 5.32 Å². The van der Waals surface area contributed by atoms with E-state index in [0.29, 0.717) is 18.4 Å². The number of nitrogens with zero attached hydrogens (tertiary/aromatic N) is 3. The van der Waals surface area contributed by atoms with Crippen LogP contribution < -0.4 is 5.32 Å².